The molecule has 0 atom stereocenters. The number of nitrogens with zero attached hydrogens (tertiary/aromatic N) is 1. The Morgan fingerprint density at radius 1 is 1.35 bits per heavy atom. The number of likely N-dealkylation sites (N-methyl/N-ethyl adjacent to an activating group) is 1. The fourth-order valence-electron chi connectivity index (χ4n) is 2.64. The van der Waals surface area contributed by atoms with E-state index in [-0.39, 0.29) is 30.7 Å². The Morgan fingerprint density at radius 2 is 2.00 bits per heavy atom. The molecule has 7 heteroatoms. The first kappa shape index (κ1) is 21.8. The van der Waals surface area contributed by atoms with Gasteiger partial charge in [0.25, 0.3) is 0 Å². The number of anilines is 2. The van der Waals surface area contributed by atoms with E-state index < -0.39 is 5.41 Å². The third-order valence-electron chi connectivity index (χ3n) is 4.54. The Hall–Kier alpha value is -1.17. The molecule has 1 amide bonds. The van der Waals surface area contributed by atoms with E-state index in [0.717, 1.165) is 36.5 Å². The van der Waals surface area contributed by atoms with Crippen LogP contribution in [-0.4, -0.2) is 32.7 Å². The van der Waals surface area contributed by atoms with Crippen LogP contribution in [0.25, 0.3) is 0 Å². The second-order valence-corrected chi connectivity index (χ2v) is 5.60. The number of carbonyl (C=O) groups excluding carboxylic acids is 1. The maximum atomic E-state index is 12.5. The normalized spacial score (nSPS) is 13.1. The lowest BCUT2D eigenvalue weighted by Crippen LogP contribution is -2.41. The largest absolute Gasteiger partial charge is 0.490 e. The average Bonchev–Trinajstić information content (AvgIpc) is 2.50. The van der Waals surface area contributed by atoms with Crippen LogP contribution in [-0.2, 0) is 4.79 Å². The molecular weight excluding hydrogens is 337 g/mol. The van der Waals surface area contributed by atoms with Gasteiger partial charge in [-0.15, -0.1) is 24.8 Å². The van der Waals surface area contributed by atoms with Crippen LogP contribution in [0.4, 0.5) is 11.4 Å². The molecule has 132 valence electrons. The predicted molar refractivity (Wildman–Crippen MR) is 100 cm³/mol. The van der Waals surface area contributed by atoms with Crippen molar-refractivity contribution in [1.82, 2.24) is 0 Å². The minimum Gasteiger partial charge on any atom is -0.490 e. The predicted octanol–water partition coefficient (Wildman–Crippen LogP) is 3.06. The summed E-state index contributed by atoms with van der Waals surface area (Å²) in [4.78, 5) is 14.7. The fourth-order valence-corrected chi connectivity index (χ4v) is 2.64. The minimum absolute atomic E-state index is 0. The van der Waals surface area contributed by atoms with Crippen molar-refractivity contribution in [3.05, 3.63) is 18.2 Å². The molecule has 0 aromatic heterocycles. The Kier molecular flexibility index (Phi) is 8.74. The van der Waals surface area contributed by atoms with Crippen molar-refractivity contribution >= 4 is 42.1 Å². The lowest BCUT2D eigenvalue weighted by atomic mass is 9.81. The molecule has 2 rings (SSSR count). The first-order valence-electron chi connectivity index (χ1n) is 7.56. The van der Waals surface area contributed by atoms with Gasteiger partial charge in [-0.25, -0.2) is 0 Å². The van der Waals surface area contributed by atoms with E-state index in [1.54, 1.807) is 0 Å². The summed E-state index contributed by atoms with van der Waals surface area (Å²) in [5.74, 6) is 0.854. The van der Waals surface area contributed by atoms with E-state index in [0.29, 0.717) is 13.2 Å². The highest BCUT2D eigenvalue weighted by atomic mass is 35.5. The van der Waals surface area contributed by atoms with Gasteiger partial charge in [-0.05, 0) is 31.0 Å². The highest BCUT2D eigenvalue weighted by Gasteiger charge is 2.33. The van der Waals surface area contributed by atoms with Gasteiger partial charge in [0.2, 0.25) is 5.91 Å². The molecule has 0 bridgehead atoms. The maximum Gasteiger partial charge on any atom is 0.231 e. The van der Waals surface area contributed by atoms with E-state index in [9.17, 15) is 4.79 Å². The van der Waals surface area contributed by atoms with Gasteiger partial charge in [-0.1, -0.05) is 13.8 Å². The molecule has 1 aliphatic heterocycles. The van der Waals surface area contributed by atoms with Crippen molar-refractivity contribution in [1.29, 1.82) is 0 Å². The van der Waals surface area contributed by atoms with Gasteiger partial charge in [0.05, 0.1) is 17.6 Å². The smallest absolute Gasteiger partial charge is 0.231 e. The van der Waals surface area contributed by atoms with Crippen molar-refractivity contribution in [2.75, 3.05) is 37.0 Å². The summed E-state index contributed by atoms with van der Waals surface area (Å²) >= 11 is 0. The highest BCUT2D eigenvalue weighted by molar-refractivity contribution is 5.96. The lowest BCUT2D eigenvalue weighted by Gasteiger charge is -2.30. The van der Waals surface area contributed by atoms with Gasteiger partial charge in [-0.2, -0.15) is 0 Å². The molecule has 0 spiro atoms. The van der Waals surface area contributed by atoms with E-state index in [1.165, 1.54) is 0 Å². The zero-order valence-electron chi connectivity index (χ0n) is 13.9. The van der Waals surface area contributed by atoms with Gasteiger partial charge >= 0.3 is 0 Å². The second-order valence-electron chi connectivity index (χ2n) is 5.60. The van der Waals surface area contributed by atoms with E-state index in [4.69, 9.17) is 10.5 Å². The SMILES string of the molecule is CCC(CC)(CN)C(=O)Nc1ccc2c(c1)N(C)CCO2.Cl.Cl. The molecule has 23 heavy (non-hydrogen) atoms. The lowest BCUT2D eigenvalue weighted by molar-refractivity contribution is -0.125. The van der Waals surface area contributed by atoms with Crippen molar-refractivity contribution < 1.29 is 9.53 Å². The molecule has 0 radical (unpaired) electrons. The number of nitrogens with one attached hydrogen (secondary N) is 1. The molecule has 1 aromatic carbocycles. The van der Waals surface area contributed by atoms with Crippen molar-refractivity contribution in [3.8, 4) is 5.75 Å². The number of halogens is 2. The fraction of sp³-hybridized carbons (Fsp3) is 0.562. The molecule has 1 aromatic rings. The quantitative estimate of drug-likeness (QED) is 0.843. The molecule has 3 N–H and O–H groups in total. The summed E-state index contributed by atoms with van der Waals surface area (Å²) in [5, 5.41) is 3.01. The Bertz CT molecular complexity index is 514. The van der Waals surface area contributed by atoms with Crippen LogP contribution in [0.5, 0.6) is 5.75 Å². The number of amides is 1. The number of hydrogen-bond acceptors (Lipinski definition) is 4. The zero-order valence-corrected chi connectivity index (χ0v) is 15.6. The third kappa shape index (κ3) is 4.43. The molecule has 0 saturated carbocycles. The van der Waals surface area contributed by atoms with Crippen LogP contribution in [0.3, 0.4) is 0 Å². The number of ether oxygens (including phenoxy) is 1. The molecule has 0 aliphatic carbocycles. The monoisotopic (exact) mass is 363 g/mol. The minimum atomic E-state index is -0.488. The highest BCUT2D eigenvalue weighted by Crippen LogP contribution is 2.34. The first-order chi connectivity index (χ1) is 10.1. The van der Waals surface area contributed by atoms with Crippen LogP contribution in [0.1, 0.15) is 26.7 Å². The van der Waals surface area contributed by atoms with E-state index in [1.807, 2.05) is 39.1 Å². The first-order valence-corrected chi connectivity index (χ1v) is 7.56. The Balaban J connectivity index is 0.00000242. The summed E-state index contributed by atoms with van der Waals surface area (Å²) < 4.78 is 5.61. The van der Waals surface area contributed by atoms with E-state index >= 15 is 0 Å². The number of fused-ring (bicyclic) bond motifs is 1. The zero-order chi connectivity index (χ0) is 15.5. The number of hydrogen-bond donors (Lipinski definition) is 2. The molecule has 0 fully saturated rings. The average molecular weight is 364 g/mol. The molecular formula is C16H27Cl2N3O2. The molecule has 5 nitrogen and oxygen atoms in total. The molecule has 0 unspecified atom stereocenters. The summed E-state index contributed by atoms with van der Waals surface area (Å²) in [6.45, 7) is 5.91. The van der Waals surface area contributed by atoms with Gasteiger partial charge in [0, 0.05) is 19.3 Å². The van der Waals surface area contributed by atoms with Gasteiger partial charge in [0.1, 0.15) is 12.4 Å². The molecule has 1 aliphatic rings. The van der Waals surface area contributed by atoms with Crippen LogP contribution in [0, 0.1) is 5.41 Å². The molecule has 0 saturated heterocycles. The Morgan fingerprint density at radius 3 is 2.57 bits per heavy atom. The van der Waals surface area contributed by atoms with Crippen LogP contribution >= 0.6 is 24.8 Å². The number of rotatable bonds is 5. The summed E-state index contributed by atoms with van der Waals surface area (Å²) in [6, 6.07) is 5.74. The van der Waals surface area contributed by atoms with E-state index in [2.05, 4.69) is 10.2 Å². The second kappa shape index (κ2) is 9.21. The van der Waals surface area contributed by atoms with Crippen molar-refractivity contribution in [2.45, 2.75) is 26.7 Å². The summed E-state index contributed by atoms with van der Waals surface area (Å²) in [6.07, 6.45) is 1.47. The standard InChI is InChI=1S/C16H25N3O2.2ClH/c1-4-16(5-2,11-17)15(20)18-12-6-7-14-13(10-12)19(3)8-9-21-14;;/h6-7,10H,4-5,8-9,11,17H2,1-3H3,(H,18,20);2*1H. The third-order valence-corrected chi connectivity index (χ3v) is 4.54. The Labute approximate surface area is 150 Å². The summed E-state index contributed by atoms with van der Waals surface area (Å²) in [5.41, 5.74) is 7.13. The number of carbonyl (C=O) groups is 1. The summed E-state index contributed by atoms with van der Waals surface area (Å²) in [7, 11) is 2.02. The van der Waals surface area contributed by atoms with Gasteiger partial charge in [-0.3, -0.25) is 4.79 Å². The number of benzene rings is 1. The topological polar surface area (TPSA) is 67.6 Å². The van der Waals surface area contributed by atoms with Crippen LogP contribution in [0.15, 0.2) is 18.2 Å². The molecule has 1 heterocycles. The van der Waals surface area contributed by atoms with Crippen LogP contribution < -0.4 is 20.7 Å². The maximum absolute atomic E-state index is 12.5. The van der Waals surface area contributed by atoms with Crippen molar-refractivity contribution in [2.24, 2.45) is 11.1 Å². The van der Waals surface area contributed by atoms with Gasteiger partial charge in [0.15, 0.2) is 0 Å². The number of nitrogens with two attached hydrogens (primary N) is 1. The van der Waals surface area contributed by atoms with Gasteiger partial charge < -0.3 is 20.7 Å². The van der Waals surface area contributed by atoms with Crippen molar-refractivity contribution in [3.63, 3.8) is 0 Å². The van der Waals surface area contributed by atoms with Crippen LogP contribution in [0.2, 0.25) is 0 Å².